The number of rotatable bonds is 11. The van der Waals surface area contributed by atoms with Gasteiger partial charge in [-0.1, -0.05) is 38.5 Å². The molecule has 0 saturated carbocycles. The molecule has 1 aromatic heterocycles. The van der Waals surface area contributed by atoms with Crippen molar-refractivity contribution in [3.8, 4) is 0 Å². The van der Waals surface area contributed by atoms with Gasteiger partial charge in [-0.05, 0) is 24.1 Å². The van der Waals surface area contributed by atoms with Gasteiger partial charge in [-0.25, -0.2) is 17.2 Å². The second-order valence-electron chi connectivity index (χ2n) is 6.81. The number of hydrogen-bond donors (Lipinski definition) is 2. The molecule has 0 aliphatic heterocycles. The standard InChI is InChI=1S/C19H25F2N5O4S2/c1-4-7-15(22-16(27)10-12-8-13(20)11-14(21)9-12)17(28)23-18-24-25-19(31-18)32(29,30)26(5-2)6-3/h8-9,11,15H,4-7,10H2,1-3H3,(H,22,27)(H,23,24,28). The van der Waals surface area contributed by atoms with E-state index < -0.39 is 39.5 Å². The number of carbonyl (C=O) groups is 2. The minimum absolute atomic E-state index is 0.0247. The van der Waals surface area contributed by atoms with Crippen molar-refractivity contribution in [3.05, 3.63) is 35.4 Å². The molecule has 32 heavy (non-hydrogen) atoms. The molecule has 0 aliphatic rings. The number of nitrogens with one attached hydrogen (secondary N) is 2. The molecule has 1 aromatic carbocycles. The molecule has 0 aliphatic carbocycles. The maximum atomic E-state index is 13.3. The quantitative estimate of drug-likeness (QED) is 0.467. The van der Waals surface area contributed by atoms with Crippen LogP contribution in [0.4, 0.5) is 13.9 Å². The van der Waals surface area contributed by atoms with Crippen LogP contribution in [-0.2, 0) is 26.0 Å². The van der Waals surface area contributed by atoms with Gasteiger partial charge in [0.15, 0.2) is 0 Å². The molecule has 0 saturated heterocycles. The molecule has 0 bridgehead atoms. The van der Waals surface area contributed by atoms with Crippen LogP contribution in [-0.4, -0.2) is 53.9 Å². The summed E-state index contributed by atoms with van der Waals surface area (Å²) in [6.45, 7) is 5.73. The van der Waals surface area contributed by atoms with Crippen LogP contribution >= 0.6 is 11.3 Å². The first-order valence-corrected chi connectivity index (χ1v) is 12.2. The van der Waals surface area contributed by atoms with E-state index in [2.05, 4.69) is 20.8 Å². The van der Waals surface area contributed by atoms with Gasteiger partial charge in [0.2, 0.25) is 21.3 Å². The average Bonchev–Trinajstić information content (AvgIpc) is 3.17. The molecule has 1 unspecified atom stereocenters. The Morgan fingerprint density at radius 3 is 2.28 bits per heavy atom. The van der Waals surface area contributed by atoms with Crippen LogP contribution in [0.3, 0.4) is 0 Å². The lowest BCUT2D eigenvalue weighted by Crippen LogP contribution is -2.44. The molecule has 13 heteroatoms. The van der Waals surface area contributed by atoms with E-state index in [1.165, 1.54) is 4.31 Å². The zero-order valence-corrected chi connectivity index (χ0v) is 19.5. The summed E-state index contributed by atoms with van der Waals surface area (Å²) in [6.07, 6.45) is 0.538. The monoisotopic (exact) mass is 489 g/mol. The summed E-state index contributed by atoms with van der Waals surface area (Å²) in [5.41, 5.74) is 0.131. The van der Waals surface area contributed by atoms with E-state index in [-0.39, 0.29) is 34.5 Å². The van der Waals surface area contributed by atoms with Gasteiger partial charge in [-0.2, -0.15) is 4.31 Å². The fraction of sp³-hybridized carbons (Fsp3) is 0.474. The SMILES string of the molecule is CCCC(NC(=O)Cc1cc(F)cc(F)c1)C(=O)Nc1nnc(S(=O)(=O)N(CC)CC)s1. The third-order valence-electron chi connectivity index (χ3n) is 4.42. The topological polar surface area (TPSA) is 121 Å². The van der Waals surface area contributed by atoms with Crippen LogP contribution in [0.5, 0.6) is 0 Å². The molecular weight excluding hydrogens is 464 g/mol. The molecular formula is C19H25F2N5O4S2. The van der Waals surface area contributed by atoms with E-state index in [0.717, 1.165) is 12.1 Å². The number of aromatic nitrogens is 2. The number of carbonyl (C=O) groups excluding carboxylic acids is 2. The Morgan fingerprint density at radius 2 is 1.72 bits per heavy atom. The predicted molar refractivity (Wildman–Crippen MR) is 116 cm³/mol. The Morgan fingerprint density at radius 1 is 1.09 bits per heavy atom. The molecule has 0 radical (unpaired) electrons. The van der Waals surface area contributed by atoms with Crippen molar-refractivity contribution in [2.45, 2.75) is 50.4 Å². The Hall–Kier alpha value is -2.51. The van der Waals surface area contributed by atoms with Crippen molar-refractivity contribution in [3.63, 3.8) is 0 Å². The Labute approximate surface area is 189 Å². The molecule has 2 rings (SSSR count). The molecule has 176 valence electrons. The smallest absolute Gasteiger partial charge is 0.272 e. The van der Waals surface area contributed by atoms with E-state index in [0.29, 0.717) is 30.2 Å². The van der Waals surface area contributed by atoms with Gasteiger partial charge < -0.3 is 5.32 Å². The van der Waals surface area contributed by atoms with Gasteiger partial charge >= 0.3 is 0 Å². The summed E-state index contributed by atoms with van der Waals surface area (Å²) in [5, 5.41) is 12.4. The van der Waals surface area contributed by atoms with Crippen molar-refractivity contribution in [2.24, 2.45) is 0 Å². The number of sulfonamides is 1. The van der Waals surface area contributed by atoms with E-state index in [1.807, 2.05) is 6.92 Å². The summed E-state index contributed by atoms with van der Waals surface area (Å²) in [7, 11) is -3.81. The molecule has 0 spiro atoms. The zero-order valence-electron chi connectivity index (χ0n) is 17.9. The van der Waals surface area contributed by atoms with Gasteiger partial charge in [0, 0.05) is 19.2 Å². The maximum absolute atomic E-state index is 13.3. The number of anilines is 1. The van der Waals surface area contributed by atoms with Crippen LogP contribution in [0.15, 0.2) is 22.5 Å². The molecule has 2 N–H and O–H groups in total. The summed E-state index contributed by atoms with van der Waals surface area (Å²) in [5.74, 6) is -2.80. The summed E-state index contributed by atoms with van der Waals surface area (Å²) in [4.78, 5) is 24.9. The third kappa shape index (κ3) is 6.74. The van der Waals surface area contributed by atoms with E-state index >= 15 is 0 Å². The highest BCUT2D eigenvalue weighted by atomic mass is 32.2. The molecule has 1 heterocycles. The van der Waals surface area contributed by atoms with E-state index in [4.69, 9.17) is 0 Å². The van der Waals surface area contributed by atoms with Crippen LogP contribution in [0.1, 0.15) is 39.2 Å². The van der Waals surface area contributed by atoms with Gasteiger partial charge in [0.05, 0.1) is 6.42 Å². The number of amides is 2. The normalized spacial score (nSPS) is 12.6. The fourth-order valence-corrected chi connectivity index (χ4v) is 5.43. The lowest BCUT2D eigenvalue weighted by Gasteiger charge is -2.17. The second kappa shape index (κ2) is 11.4. The molecule has 0 fully saturated rings. The highest BCUT2D eigenvalue weighted by molar-refractivity contribution is 7.91. The highest BCUT2D eigenvalue weighted by Crippen LogP contribution is 2.23. The van der Waals surface area contributed by atoms with Gasteiger partial charge in [-0.15, -0.1) is 10.2 Å². The number of hydrogen-bond acceptors (Lipinski definition) is 7. The van der Waals surface area contributed by atoms with Crippen LogP contribution in [0.2, 0.25) is 0 Å². The first-order valence-electron chi connectivity index (χ1n) is 9.99. The summed E-state index contributed by atoms with van der Waals surface area (Å²) in [6, 6.07) is 1.83. The summed E-state index contributed by atoms with van der Waals surface area (Å²) < 4.78 is 52.6. The van der Waals surface area contributed by atoms with Crippen LogP contribution < -0.4 is 10.6 Å². The lowest BCUT2D eigenvalue weighted by atomic mass is 10.1. The van der Waals surface area contributed by atoms with Crippen LogP contribution in [0.25, 0.3) is 0 Å². The maximum Gasteiger partial charge on any atom is 0.272 e. The highest BCUT2D eigenvalue weighted by Gasteiger charge is 2.28. The van der Waals surface area contributed by atoms with Crippen LogP contribution in [0, 0.1) is 11.6 Å². The first kappa shape index (κ1) is 25.7. The van der Waals surface area contributed by atoms with Gasteiger partial charge in [0.25, 0.3) is 10.0 Å². The van der Waals surface area contributed by atoms with E-state index in [9.17, 15) is 26.8 Å². The average molecular weight is 490 g/mol. The zero-order chi connectivity index (χ0) is 23.9. The van der Waals surface area contributed by atoms with Crippen molar-refractivity contribution in [2.75, 3.05) is 18.4 Å². The van der Waals surface area contributed by atoms with E-state index in [1.54, 1.807) is 13.8 Å². The fourth-order valence-electron chi connectivity index (χ4n) is 2.93. The third-order valence-corrected chi connectivity index (χ3v) is 7.65. The Balaban J connectivity index is 2.07. The minimum atomic E-state index is -3.81. The number of halogens is 2. The Kier molecular flexibility index (Phi) is 9.16. The number of nitrogens with zero attached hydrogens (tertiary/aromatic N) is 3. The first-order chi connectivity index (χ1) is 15.1. The second-order valence-corrected chi connectivity index (χ2v) is 9.90. The lowest BCUT2D eigenvalue weighted by molar-refractivity contribution is -0.126. The molecule has 2 aromatic rings. The Bertz CT molecular complexity index is 1040. The van der Waals surface area contributed by atoms with Gasteiger partial charge in [0.1, 0.15) is 17.7 Å². The van der Waals surface area contributed by atoms with Crippen molar-refractivity contribution >= 4 is 38.3 Å². The molecule has 9 nitrogen and oxygen atoms in total. The summed E-state index contributed by atoms with van der Waals surface area (Å²) >= 11 is 0.708. The van der Waals surface area contributed by atoms with Crippen molar-refractivity contribution < 1.29 is 26.8 Å². The minimum Gasteiger partial charge on any atom is -0.344 e. The molecule has 2 amide bonds. The van der Waals surface area contributed by atoms with Gasteiger partial charge in [-0.3, -0.25) is 14.9 Å². The predicted octanol–water partition coefficient (Wildman–Crippen LogP) is 2.31. The largest absolute Gasteiger partial charge is 0.344 e. The van der Waals surface area contributed by atoms with Crippen molar-refractivity contribution in [1.82, 2.24) is 19.8 Å². The number of benzene rings is 1. The molecule has 1 atom stereocenters. The van der Waals surface area contributed by atoms with Crippen molar-refractivity contribution in [1.29, 1.82) is 0 Å².